The van der Waals surface area contributed by atoms with Crippen LogP contribution in [0.15, 0.2) is 24.3 Å². The quantitative estimate of drug-likeness (QED) is 0.299. The van der Waals surface area contributed by atoms with Crippen LogP contribution in [0.3, 0.4) is 0 Å². The van der Waals surface area contributed by atoms with Gasteiger partial charge in [-0.2, -0.15) is 13.2 Å². The first-order valence-corrected chi connectivity index (χ1v) is 7.75. The maximum atomic E-state index is 12.8. The lowest BCUT2D eigenvalue weighted by Gasteiger charge is -2.17. The van der Waals surface area contributed by atoms with Crippen LogP contribution in [0.4, 0.5) is 13.2 Å². The van der Waals surface area contributed by atoms with Crippen LogP contribution in [0.1, 0.15) is 37.4 Å². The second-order valence-electron chi connectivity index (χ2n) is 5.22. The van der Waals surface area contributed by atoms with E-state index in [0.717, 1.165) is 18.2 Å². The van der Waals surface area contributed by atoms with E-state index in [9.17, 15) is 32.9 Å². The van der Waals surface area contributed by atoms with Gasteiger partial charge < -0.3 is 9.47 Å². The van der Waals surface area contributed by atoms with Gasteiger partial charge in [0.05, 0.1) is 18.8 Å². The second kappa shape index (κ2) is 9.16. The van der Waals surface area contributed by atoms with Crippen molar-refractivity contribution < 1.29 is 37.2 Å². The van der Waals surface area contributed by atoms with Crippen LogP contribution in [0.5, 0.6) is 0 Å². The Morgan fingerprint density at radius 2 is 1.69 bits per heavy atom. The topological polar surface area (TPSA) is 95.7 Å². The third-order valence-electron chi connectivity index (χ3n) is 3.45. The van der Waals surface area contributed by atoms with Crippen molar-refractivity contribution in [3.8, 4) is 0 Å². The van der Waals surface area contributed by atoms with Gasteiger partial charge in [-0.25, -0.2) is 0 Å². The predicted molar refractivity (Wildman–Crippen MR) is 82.6 cm³/mol. The molecule has 26 heavy (non-hydrogen) atoms. The van der Waals surface area contributed by atoms with E-state index >= 15 is 0 Å². The third kappa shape index (κ3) is 5.71. The van der Waals surface area contributed by atoms with Gasteiger partial charge in [-0.05, 0) is 26.0 Å². The average molecular weight is 377 g/mol. The Morgan fingerprint density at radius 1 is 1.15 bits per heavy atom. The normalized spacial score (nSPS) is 12.5. The van der Waals surface area contributed by atoms with Crippen molar-refractivity contribution in [2.75, 3.05) is 13.2 Å². The molecule has 10 heteroatoms. The van der Waals surface area contributed by atoms with E-state index in [-0.39, 0.29) is 18.8 Å². The lowest BCUT2D eigenvalue weighted by molar-refractivity contribution is -0.530. The highest BCUT2D eigenvalue weighted by molar-refractivity contribution is 5.94. The van der Waals surface area contributed by atoms with Crippen LogP contribution in [0, 0.1) is 16.0 Å². The highest BCUT2D eigenvalue weighted by Gasteiger charge is 2.39. The van der Waals surface area contributed by atoms with Crippen molar-refractivity contribution in [1.82, 2.24) is 0 Å². The summed E-state index contributed by atoms with van der Waals surface area (Å²) < 4.78 is 47.9. The highest BCUT2D eigenvalue weighted by atomic mass is 19.4. The number of carbonyl (C=O) groups excluding carboxylic acids is 2. The molecule has 1 aromatic carbocycles. The molecule has 0 spiro atoms. The number of nitrogens with zero attached hydrogens (tertiary/aromatic N) is 1. The van der Waals surface area contributed by atoms with E-state index in [2.05, 4.69) is 0 Å². The minimum atomic E-state index is -4.68. The molecule has 0 heterocycles. The van der Waals surface area contributed by atoms with Gasteiger partial charge in [-0.1, -0.05) is 12.1 Å². The molecule has 0 saturated heterocycles. The van der Waals surface area contributed by atoms with Crippen LogP contribution < -0.4 is 0 Å². The standard InChI is InChI=1S/C16H18F3NO6/c1-3-25-14(21)12(15(22)26-4-2)9-13(20(23)24)10-6-5-7-11(8-10)16(17,18)19/h5-8,12-13H,3-4,9H2,1-2H3/t13-/m0/s1. The van der Waals surface area contributed by atoms with Crippen LogP contribution in [0.2, 0.25) is 0 Å². The first-order chi connectivity index (χ1) is 12.1. The summed E-state index contributed by atoms with van der Waals surface area (Å²) in [6.07, 6.45) is -5.36. The molecule has 0 aliphatic carbocycles. The van der Waals surface area contributed by atoms with Crippen molar-refractivity contribution in [1.29, 1.82) is 0 Å². The zero-order valence-corrected chi connectivity index (χ0v) is 14.1. The van der Waals surface area contributed by atoms with Crippen LogP contribution in [0.25, 0.3) is 0 Å². The Morgan fingerprint density at radius 3 is 2.12 bits per heavy atom. The van der Waals surface area contributed by atoms with Gasteiger partial charge in [-0.15, -0.1) is 0 Å². The number of benzene rings is 1. The summed E-state index contributed by atoms with van der Waals surface area (Å²) in [6, 6.07) is 1.85. The molecule has 1 rings (SSSR count). The summed E-state index contributed by atoms with van der Waals surface area (Å²) >= 11 is 0. The smallest absolute Gasteiger partial charge is 0.416 e. The van der Waals surface area contributed by atoms with Gasteiger partial charge in [0.1, 0.15) is 0 Å². The summed E-state index contributed by atoms with van der Waals surface area (Å²) in [6.45, 7) is 2.83. The van der Waals surface area contributed by atoms with Crippen LogP contribution in [-0.4, -0.2) is 30.1 Å². The Hall–Kier alpha value is -2.65. The van der Waals surface area contributed by atoms with Gasteiger partial charge in [0.2, 0.25) is 6.04 Å². The first kappa shape index (κ1) is 21.4. The van der Waals surface area contributed by atoms with Gasteiger partial charge in [0.25, 0.3) is 0 Å². The number of alkyl halides is 3. The molecular formula is C16H18F3NO6. The minimum Gasteiger partial charge on any atom is -0.465 e. The molecule has 0 bridgehead atoms. The molecule has 0 aliphatic heterocycles. The number of ether oxygens (including phenoxy) is 2. The number of rotatable bonds is 8. The Kier molecular flexibility index (Phi) is 7.54. The second-order valence-corrected chi connectivity index (χ2v) is 5.22. The predicted octanol–water partition coefficient (Wildman–Crippen LogP) is 3.16. The van der Waals surface area contributed by atoms with Gasteiger partial charge >= 0.3 is 18.1 Å². The number of halogens is 3. The molecule has 144 valence electrons. The third-order valence-corrected chi connectivity index (χ3v) is 3.45. The number of esters is 2. The van der Waals surface area contributed by atoms with Crippen molar-refractivity contribution in [2.24, 2.45) is 5.92 Å². The Bertz CT molecular complexity index is 644. The zero-order chi connectivity index (χ0) is 19.9. The molecule has 1 aromatic rings. The molecule has 0 aliphatic rings. The summed E-state index contributed by atoms with van der Waals surface area (Å²) in [4.78, 5) is 34.4. The number of hydrogen-bond acceptors (Lipinski definition) is 6. The average Bonchev–Trinajstić information content (AvgIpc) is 2.55. The summed E-state index contributed by atoms with van der Waals surface area (Å²) in [7, 11) is 0. The van der Waals surface area contributed by atoms with Crippen LogP contribution in [-0.2, 0) is 25.2 Å². The van der Waals surface area contributed by atoms with Crippen molar-refractivity contribution in [3.05, 3.63) is 45.5 Å². The van der Waals surface area contributed by atoms with Gasteiger partial charge in [-0.3, -0.25) is 19.7 Å². The van der Waals surface area contributed by atoms with Gasteiger partial charge in [0.15, 0.2) is 5.92 Å². The van der Waals surface area contributed by atoms with Crippen LogP contribution >= 0.6 is 0 Å². The van der Waals surface area contributed by atoms with Crippen molar-refractivity contribution in [3.63, 3.8) is 0 Å². The number of carbonyl (C=O) groups is 2. The lowest BCUT2D eigenvalue weighted by atomic mass is 9.94. The van der Waals surface area contributed by atoms with Gasteiger partial charge in [0, 0.05) is 16.9 Å². The molecule has 1 atom stereocenters. The van der Waals surface area contributed by atoms with Crippen molar-refractivity contribution >= 4 is 11.9 Å². The molecule has 0 unspecified atom stereocenters. The number of nitro groups is 1. The number of hydrogen-bond donors (Lipinski definition) is 0. The molecule has 0 fully saturated rings. The Labute approximate surface area is 147 Å². The largest absolute Gasteiger partial charge is 0.465 e. The first-order valence-electron chi connectivity index (χ1n) is 7.75. The fraction of sp³-hybridized carbons (Fsp3) is 0.500. The molecule has 0 aromatic heterocycles. The van der Waals surface area contributed by atoms with E-state index in [4.69, 9.17) is 9.47 Å². The molecule has 0 radical (unpaired) electrons. The van der Waals surface area contributed by atoms with E-state index in [0.29, 0.717) is 6.07 Å². The summed E-state index contributed by atoms with van der Waals surface area (Å²) in [5, 5.41) is 11.4. The minimum absolute atomic E-state index is 0.0680. The maximum absolute atomic E-state index is 12.8. The monoisotopic (exact) mass is 377 g/mol. The van der Waals surface area contributed by atoms with E-state index in [1.54, 1.807) is 0 Å². The Balaban J connectivity index is 3.20. The lowest BCUT2D eigenvalue weighted by Crippen LogP contribution is -2.31. The SMILES string of the molecule is CCOC(=O)C(C[C@@H](c1cccc(C(F)(F)F)c1)[N+](=O)[O-])C(=O)OCC. The van der Waals surface area contributed by atoms with E-state index in [1.807, 2.05) is 0 Å². The maximum Gasteiger partial charge on any atom is 0.416 e. The molecule has 0 saturated carbocycles. The van der Waals surface area contributed by atoms with E-state index < -0.39 is 47.0 Å². The van der Waals surface area contributed by atoms with Crippen molar-refractivity contribution in [2.45, 2.75) is 32.5 Å². The fourth-order valence-corrected chi connectivity index (χ4v) is 2.26. The van der Waals surface area contributed by atoms with E-state index in [1.165, 1.54) is 13.8 Å². The summed E-state index contributed by atoms with van der Waals surface area (Å²) in [5.41, 5.74) is -1.34. The molecule has 0 amide bonds. The molecular weight excluding hydrogens is 359 g/mol. The zero-order valence-electron chi connectivity index (χ0n) is 14.1. The molecule has 7 nitrogen and oxygen atoms in total. The fourth-order valence-electron chi connectivity index (χ4n) is 2.26. The summed E-state index contributed by atoms with van der Waals surface area (Å²) in [5.74, 6) is -3.66. The highest BCUT2D eigenvalue weighted by Crippen LogP contribution is 2.33. The molecule has 0 N–H and O–H groups in total.